The highest BCUT2D eigenvalue weighted by Gasteiger charge is 2.36. The average molecular weight is 322 g/mol. The van der Waals surface area contributed by atoms with E-state index in [4.69, 9.17) is 5.11 Å². The summed E-state index contributed by atoms with van der Waals surface area (Å²) in [5.74, 6) is -0.795. The quantitative estimate of drug-likeness (QED) is 0.850. The molecule has 2 N–H and O–H groups in total. The highest BCUT2D eigenvalue weighted by molar-refractivity contribution is 7.99. The summed E-state index contributed by atoms with van der Waals surface area (Å²) < 4.78 is 0. The summed E-state index contributed by atoms with van der Waals surface area (Å²) in [5, 5.41) is 11.5. The first kappa shape index (κ1) is 16.4. The van der Waals surface area contributed by atoms with Crippen molar-refractivity contribution < 1.29 is 19.5 Å². The standard InChI is InChI=1S/C15H18N2O4S/c1-2-11(15(20)21)16-13(18)12-8-22-9-17(12)14(19)10-6-4-3-5-7-10/h3-7,11-12H,2,8-9H2,1H3,(H,16,18)(H,20,21). The number of amides is 2. The van der Waals surface area contributed by atoms with E-state index in [2.05, 4.69) is 5.32 Å². The van der Waals surface area contributed by atoms with Crippen molar-refractivity contribution in [3.63, 3.8) is 0 Å². The lowest BCUT2D eigenvalue weighted by Gasteiger charge is -2.24. The summed E-state index contributed by atoms with van der Waals surface area (Å²) in [7, 11) is 0. The number of carbonyl (C=O) groups excluding carboxylic acids is 2. The molecule has 6 nitrogen and oxygen atoms in total. The summed E-state index contributed by atoms with van der Waals surface area (Å²) in [4.78, 5) is 37.3. The number of carboxylic acid groups (broad SMARTS) is 1. The van der Waals surface area contributed by atoms with E-state index >= 15 is 0 Å². The lowest BCUT2D eigenvalue weighted by Crippen LogP contribution is -2.51. The summed E-state index contributed by atoms with van der Waals surface area (Å²) in [6, 6.07) is 7.20. The monoisotopic (exact) mass is 322 g/mol. The van der Waals surface area contributed by atoms with E-state index in [1.807, 2.05) is 6.07 Å². The van der Waals surface area contributed by atoms with Crippen LogP contribution in [-0.4, -0.2) is 51.5 Å². The summed E-state index contributed by atoms with van der Waals surface area (Å²) >= 11 is 1.48. The van der Waals surface area contributed by atoms with Crippen molar-refractivity contribution >= 4 is 29.5 Å². The minimum atomic E-state index is -1.07. The molecule has 2 unspecified atom stereocenters. The van der Waals surface area contributed by atoms with Gasteiger partial charge in [0.05, 0.1) is 5.88 Å². The number of hydrogen-bond donors (Lipinski definition) is 2. The number of aliphatic carboxylic acids is 1. The largest absolute Gasteiger partial charge is 0.480 e. The molecule has 22 heavy (non-hydrogen) atoms. The van der Waals surface area contributed by atoms with E-state index in [1.165, 1.54) is 16.7 Å². The highest BCUT2D eigenvalue weighted by Crippen LogP contribution is 2.23. The van der Waals surface area contributed by atoms with Crippen LogP contribution in [0.25, 0.3) is 0 Å². The first-order chi connectivity index (χ1) is 10.5. The second-order valence-corrected chi connectivity index (χ2v) is 5.96. The Morgan fingerprint density at radius 1 is 1.36 bits per heavy atom. The van der Waals surface area contributed by atoms with Crippen LogP contribution in [0.2, 0.25) is 0 Å². The Morgan fingerprint density at radius 2 is 2.05 bits per heavy atom. The third-order valence-electron chi connectivity index (χ3n) is 3.49. The molecule has 0 aliphatic carbocycles. The van der Waals surface area contributed by atoms with Gasteiger partial charge in [-0.05, 0) is 18.6 Å². The van der Waals surface area contributed by atoms with E-state index < -0.39 is 24.0 Å². The molecule has 0 bridgehead atoms. The molecule has 0 spiro atoms. The second-order valence-electron chi connectivity index (χ2n) is 4.96. The number of carbonyl (C=O) groups is 3. The number of benzene rings is 1. The Labute approximate surface area is 132 Å². The molecule has 2 rings (SSSR count). The molecule has 0 radical (unpaired) electrons. The fourth-order valence-corrected chi connectivity index (χ4v) is 3.37. The van der Waals surface area contributed by atoms with E-state index in [-0.39, 0.29) is 5.91 Å². The Bertz CT molecular complexity index is 564. The Balaban J connectivity index is 2.08. The number of rotatable bonds is 5. The van der Waals surface area contributed by atoms with Crippen LogP contribution in [0.4, 0.5) is 0 Å². The predicted octanol–water partition coefficient (Wildman–Crippen LogP) is 1.18. The zero-order valence-corrected chi connectivity index (χ0v) is 13.0. The normalized spacial score (nSPS) is 18.8. The van der Waals surface area contributed by atoms with Crippen molar-refractivity contribution in [3.05, 3.63) is 35.9 Å². The SMILES string of the molecule is CCC(NC(=O)C1CSCN1C(=O)c1ccccc1)C(=O)O. The molecule has 1 fully saturated rings. The van der Waals surface area contributed by atoms with Gasteiger partial charge in [-0.1, -0.05) is 25.1 Å². The van der Waals surface area contributed by atoms with E-state index in [0.29, 0.717) is 23.6 Å². The van der Waals surface area contributed by atoms with Gasteiger partial charge in [0.25, 0.3) is 5.91 Å². The topological polar surface area (TPSA) is 86.7 Å². The lowest BCUT2D eigenvalue weighted by atomic mass is 10.1. The molecule has 0 saturated carbocycles. The van der Waals surface area contributed by atoms with Gasteiger partial charge >= 0.3 is 5.97 Å². The van der Waals surface area contributed by atoms with Gasteiger partial charge in [-0.3, -0.25) is 9.59 Å². The minimum absolute atomic E-state index is 0.214. The predicted molar refractivity (Wildman–Crippen MR) is 83.6 cm³/mol. The van der Waals surface area contributed by atoms with Crippen molar-refractivity contribution in [2.75, 3.05) is 11.6 Å². The molecule has 1 saturated heterocycles. The van der Waals surface area contributed by atoms with E-state index in [0.717, 1.165) is 0 Å². The van der Waals surface area contributed by atoms with Gasteiger partial charge in [-0.25, -0.2) is 4.79 Å². The number of nitrogens with one attached hydrogen (secondary N) is 1. The third kappa shape index (κ3) is 3.59. The van der Waals surface area contributed by atoms with Crippen LogP contribution in [0.5, 0.6) is 0 Å². The molecular formula is C15H18N2O4S. The number of carboxylic acids is 1. The van der Waals surface area contributed by atoms with E-state index in [1.54, 1.807) is 31.2 Å². The molecule has 7 heteroatoms. The minimum Gasteiger partial charge on any atom is -0.480 e. The van der Waals surface area contributed by atoms with Crippen LogP contribution < -0.4 is 5.32 Å². The highest BCUT2D eigenvalue weighted by atomic mass is 32.2. The van der Waals surface area contributed by atoms with Crippen LogP contribution in [-0.2, 0) is 9.59 Å². The van der Waals surface area contributed by atoms with Gasteiger partial charge in [0.15, 0.2) is 0 Å². The molecule has 1 aliphatic heterocycles. The van der Waals surface area contributed by atoms with Gasteiger partial charge in [-0.2, -0.15) is 0 Å². The lowest BCUT2D eigenvalue weighted by molar-refractivity contribution is -0.142. The van der Waals surface area contributed by atoms with E-state index in [9.17, 15) is 14.4 Å². The zero-order chi connectivity index (χ0) is 16.1. The third-order valence-corrected chi connectivity index (χ3v) is 4.50. The Hall–Kier alpha value is -2.02. The van der Waals surface area contributed by atoms with Crippen LogP contribution in [0.15, 0.2) is 30.3 Å². The van der Waals surface area contributed by atoms with Gasteiger partial charge in [0, 0.05) is 11.3 Å². The number of thioether (sulfide) groups is 1. The van der Waals surface area contributed by atoms with Crippen molar-refractivity contribution in [2.45, 2.75) is 25.4 Å². The Kier molecular flexibility index (Phi) is 5.43. The van der Waals surface area contributed by atoms with Crippen LogP contribution in [0, 0.1) is 0 Å². The fourth-order valence-electron chi connectivity index (χ4n) is 2.21. The summed E-state index contributed by atoms with van der Waals surface area (Å²) in [6.45, 7) is 1.69. The van der Waals surface area contributed by atoms with Crippen LogP contribution in [0.3, 0.4) is 0 Å². The first-order valence-corrected chi connectivity index (χ1v) is 8.17. The molecule has 1 heterocycles. The van der Waals surface area contributed by atoms with Gasteiger partial charge in [0.2, 0.25) is 5.91 Å². The molecule has 2 amide bonds. The average Bonchev–Trinajstić information content (AvgIpc) is 3.01. The fraction of sp³-hybridized carbons (Fsp3) is 0.400. The second kappa shape index (κ2) is 7.31. The molecule has 118 valence electrons. The maximum absolute atomic E-state index is 12.5. The maximum Gasteiger partial charge on any atom is 0.326 e. The van der Waals surface area contributed by atoms with Crippen LogP contribution in [0.1, 0.15) is 23.7 Å². The molecule has 1 aromatic rings. The Morgan fingerprint density at radius 3 is 2.64 bits per heavy atom. The number of hydrogen-bond acceptors (Lipinski definition) is 4. The molecule has 1 aromatic carbocycles. The summed E-state index contributed by atoms with van der Waals surface area (Å²) in [5.41, 5.74) is 0.521. The van der Waals surface area contributed by atoms with Crippen molar-refractivity contribution in [3.8, 4) is 0 Å². The molecule has 1 aliphatic rings. The molecule has 0 aromatic heterocycles. The molecular weight excluding hydrogens is 304 g/mol. The van der Waals surface area contributed by atoms with Gasteiger partial charge in [-0.15, -0.1) is 11.8 Å². The van der Waals surface area contributed by atoms with Gasteiger partial charge in [0.1, 0.15) is 12.1 Å². The first-order valence-electron chi connectivity index (χ1n) is 7.01. The smallest absolute Gasteiger partial charge is 0.326 e. The van der Waals surface area contributed by atoms with Crippen molar-refractivity contribution in [1.29, 1.82) is 0 Å². The number of nitrogens with zero attached hydrogens (tertiary/aromatic N) is 1. The van der Waals surface area contributed by atoms with Crippen molar-refractivity contribution in [2.24, 2.45) is 0 Å². The van der Waals surface area contributed by atoms with Gasteiger partial charge < -0.3 is 15.3 Å². The summed E-state index contributed by atoms with van der Waals surface area (Å²) in [6.07, 6.45) is 0.299. The zero-order valence-electron chi connectivity index (χ0n) is 12.2. The van der Waals surface area contributed by atoms with Crippen LogP contribution >= 0.6 is 11.8 Å². The van der Waals surface area contributed by atoms with Crippen molar-refractivity contribution in [1.82, 2.24) is 10.2 Å². The molecule has 2 atom stereocenters. The maximum atomic E-state index is 12.5.